The van der Waals surface area contributed by atoms with Crippen molar-refractivity contribution in [1.29, 1.82) is 0 Å². The van der Waals surface area contributed by atoms with Crippen molar-refractivity contribution in [2.75, 3.05) is 4.90 Å². The van der Waals surface area contributed by atoms with E-state index in [0.717, 1.165) is 17.2 Å². The molecule has 1 unspecified atom stereocenters. The Kier molecular flexibility index (Phi) is 4.98. The highest BCUT2D eigenvalue weighted by Crippen LogP contribution is 2.48. The number of hydrogen-bond acceptors (Lipinski definition) is 4. The average Bonchev–Trinajstić information content (AvgIpc) is 2.94. The number of rotatable bonds is 5. The zero-order chi connectivity index (χ0) is 21.7. The normalized spacial score (nSPS) is 25.9. The number of amides is 2. The Morgan fingerprint density at radius 1 is 1.27 bits per heavy atom. The number of hydrogen-bond donors (Lipinski definition) is 2. The highest BCUT2D eigenvalue weighted by atomic mass is 35.5. The van der Waals surface area contributed by atoms with Crippen LogP contribution in [0.4, 0.5) is 18.9 Å². The van der Waals surface area contributed by atoms with Gasteiger partial charge in [0.25, 0.3) is 11.8 Å². The van der Waals surface area contributed by atoms with Crippen LogP contribution in [-0.4, -0.2) is 34.4 Å². The number of alkyl halides is 2. The zero-order valence-corrected chi connectivity index (χ0v) is 16.4. The first-order valence-corrected chi connectivity index (χ1v) is 9.65. The van der Waals surface area contributed by atoms with E-state index in [1.54, 1.807) is 12.1 Å². The fourth-order valence-electron chi connectivity index (χ4n) is 4.29. The lowest BCUT2D eigenvalue weighted by molar-refractivity contribution is -0.131. The molecule has 3 N–H and O–H groups in total. The van der Waals surface area contributed by atoms with Crippen LogP contribution in [0.2, 0.25) is 5.02 Å². The van der Waals surface area contributed by atoms with E-state index in [1.165, 1.54) is 18.3 Å². The first-order valence-electron chi connectivity index (χ1n) is 9.27. The van der Waals surface area contributed by atoms with Gasteiger partial charge in [-0.05, 0) is 23.8 Å². The molecule has 10 heteroatoms. The molecule has 2 fully saturated rings. The second-order valence-corrected chi connectivity index (χ2v) is 8.02. The van der Waals surface area contributed by atoms with E-state index < -0.39 is 54.0 Å². The topological polar surface area (TPSA) is 88.3 Å². The van der Waals surface area contributed by atoms with E-state index in [4.69, 9.17) is 17.3 Å². The fourth-order valence-corrected chi connectivity index (χ4v) is 4.51. The van der Waals surface area contributed by atoms with Gasteiger partial charge in [-0.15, -0.1) is 0 Å². The molecule has 2 aromatic rings. The fraction of sp³-hybridized carbons (Fsp3) is 0.350. The van der Waals surface area contributed by atoms with Crippen LogP contribution in [0.1, 0.15) is 30.7 Å². The summed E-state index contributed by atoms with van der Waals surface area (Å²) in [6.45, 7) is 0. The van der Waals surface area contributed by atoms with Crippen LogP contribution in [0, 0.1) is 5.82 Å². The Morgan fingerprint density at radius 3 is 2.57 bits per heavy atom. The lowest BCUT2D eigenvalue weighted by Crippen LogP contribution is -2.71. The average molecular weight is 439 g/mol. The molecule has 1 aliphatic heterocycles. The Balaban J connectivity index is 1.87. The summed E-state index contributed by atoms with van der Waals surface area (Å²) in [5, 5.41) is 3.08. The molecule has 2 amide bonds. The second kappa shape index (κ2) is 7.24. The van der Waals surface area contributed by atoms with Crippen LogP contribution < -0.4 is 16.0 Å². The van der Waals surface area contributed by atoms with Crippen LogP contribution >= 0.6 is 11.6 Å². The molecule has 158 valence electrons. The minimum atomic E-state index is -2.87. The van der Waals surface area contributed by atoms with Crippen molar-refractivity contribution >= 4 is 29.1 Å². The van der Waals surface area contributed by atoms with Crippen molar-refractivity contribution in [2.45, 2.75) is 42.8 Å². The van der Waals surface area contributed by atoms with Crippen molar-refractivity contribution < 1.29 is 22.8 Å². The van der Waals surface area contributed by atoms with Gasteiger partial charge in [-0.2, -0.15) is 0 Å². The highest BCUT2D eigenvalue weighted by molar-refractivity contribution is 6.34. The molecule has 2 heterocycles. The molecule has 2 atom stereocenters. The quantitative estimate of drug-likeness (QED) is 0.751. The molecule has 30 heavy (non-hydrogen) atoms. The molecular formula is C20H18ClF3N4O2. The van der Waals surface area contributed by atoms with Gasteiger partial charge in [-0.3, -0.25) is 24.8 Å². The highest BCUT2D eigenvalue weighted by Gasteiger charge is 2.61. The number of primary amides is 1. The van der Waals surface area contributed by atoms with Gasteiger partial charge in [0, 0.05) is 37.4 Å². The van der Waals surface area contributed by atoms with Crippen LogP contribution in [0.25, 0.3) is 0 Å². The Morgan fingerprint density at radius 2 is 1.97 bits per heavy atom. The van der Waals surface area contributed by atoms with E-state index in [-0.39, 0.29) is 22.7 Å². The molecule has 0 radical (unpaired) electrons. The monoisotopic (exact) mass is 438 g/mol. The van der Waals surface area contributed by atoms with Gasteiger partial charge in [0.15, 0.2) is 5.66 Å². The van der Waals surface area contributed by atoms with Gasteiger partial charge >= 0.3 is 0 Å². The summed E-state index contributed by atoms with van der Waals surface area (Å²) in [5.74, 6) is -5.96. The molecule has 1 saturated carbocycles. The van der Waals surface area contributed by atoms with E-state index in [9.17, 15) is 22.8 Å². The van der Waals surface area contributed by atoms with Crippen molar-refractivity contribution in [3.05, 3.63) is 59.1 Å². The van der Waals surface area contributed by atoms with Gasteiger partial charge < -0.3 is 5.73 Å². The van der Waals surface area contributed by atoms with Crippen molar-refractivity contribution in [3.8, 4) is 0 Å². The first kappa shape index (κ1) is 20.6. The number of aromatic nitrogens is 1. The molecule has 0 spiro atoms. The number of nitrogens with two attached hydrogens (primary N) is 1. The van der Waals surface area contributed by atoms with Crippen LogP contribution in [0.3, 0.4) is 0 Å². The molecule has 4 rings (SSSR count). The lowest BCUT2D eigenvalue weighted by Gasteiger charge is -2.46. The van der Waals surface area contributed by atoms with E-state index in [2.05, 4.69) is 10.3 Å². The third kappa shape index (κ3) is 3.31. The molecular weight excluding hydrogens is 421 g/mol. The Bertz CT molecular complexity index is 1010. The number of para-hydroxylation sites is 1. The maximum absolute atomic E-state index is 13.9. The number of halogens is 4. The summed E-state index contributed by atoms with van der Waals surface area (Å²) in [5.41, 5.74) is 4.32. The maximum atomic E-state index is 13.9. The van der Waals surface area contributed by atoms with E-state index >= 15 is 0 Å². The van der Waals surface area contributed by atoms with Gasteiger partial charge in [-0.1, -0.05) is 23.7 Å². The standard InChI is InChI=1S/C20H18ClF3N4O2/c21-15-3-1-2-4-16(15)28-17(29)6-14(11-5-12(22)10-26-9-11)20(28,18(25)30)27-13-7-19(23,24)8-13/h1-5,9-10,13-14,27H,6-8H2,(H2,25,30)/t14?,20-/m0/s1. The molecule has 6 nitrogen and oxygen atoms in total. The minimum absolute atomic E-state index is 0.176. The van der Waals surface area contributed by atoms with Gasteiger partial charge in [-0.25, -0.2) is 13.2 Å². The second-order valence-electron chi connectivity index (χ2n) is 7.61. The molecule has 1 aromatic carbocycles. The summed E-state index contributed by atoms with van der Waals surface area (Å²) < 4.78 is 40.9. The third-order valence-electron chi connectivity index (χ3n) is 5.60. The summed E-state index contributed by atoms with van der Waals surface area (Å²) in [6, 6.07) is 6.70. The molecule has 1 saturated heterocycles. The Labute approximate surface area is 175 Å². The number of anilines is 1. The lowest BCUT2D eigenvalue weighted by atomic mass is 9.81. The zero-order valence-electron chi connectivity index (χ0n) is 15.6. The summed E-state index contributed by atoms with van der Waals surface area (Å²) >= 11 is 6.28. The number of nitrogens with one attached hydrogen (secondary N) is 1. The largest absolute Gasteiger partial charge is 0.366 e. The minimum Gasteiger partial charge on any atom is -0.366 e. The number of pyridine rings is 1. The van der Waals surface area contributed by atoms with Crippen molar-refractivity contribution in [2.24, 2.45) is 5.73 Å². The third-order valence-corrected chi connectivity index (χ3v) is 5.92. The van der Waals surface area contributed by atoms with Crippen molar-refractivity contribution in [1.82, 2.24) is 10.3 Å². The van der Waals surface area contributed by atoms with E-state index in [1.807, 2.05) is 0 Å². The SMILES string of the molecule is NC(=O)[C@]1(NC2CC(F)(F)C2)C(c2cncc(F)c2)CC(=O)N1c1ccccc1Cl. The van der Waals surface area contributed by atoms with Gasteiger partial charge in [0.05, 0.1) is 16.9 Å². The van der Waals surface area contributed by atoms with Gasteiger partial charge in [0.1, 0.15) is 5.82 Å². The van der Waals surface area contributed by atoms with Crippen LogP contribution in [0.5, 0.6) is 0 Å². The predicted octanol–water partition coefficient (Wildman–Crippen LogP) is 2.96. The van der Waals surface area contributed by atoms with Crippen LogP contribution in [0.15, 0.2) is 42.7 Å². The maximum Gasteiger partial charge on any atom is 0.259 e. The molecule has 1 aromatic heterocycles. The molecule has 2 aliphatic rings. The van der Waals surface area contributed by atoms with Crippen molar-refractivity contribution in [3.63, 3.8) is 0 Å². The number of carbonyl (C=O) groups is 2. The first-order chi connectivity index (χ1) is 14.1. The number of benzene rings is 1. The predicted molar refractivity (Wildman–Crippen MR) is 104 cm³/mol. The van der Waals surface area contributed by atoms with Gasteiger partial charge in [0.2, 0.25) is 5.91 Å². The Hall–Kier alpha value is -2.65. The summed E-state index contributed by atoms with van der Waals surface area (Å²) in [4.78, 5) is 30.9. The summed E-state index contributed by atoms with van der Waals surface area (Å²) in [7, 11) is 0. The van der Waals surface area contributed by atoms with Crippen LogP contribution in [-0.2, 0) is 9.59 Å². The number of carbonyl (C=O) groups excluding carboxylic acids is 2. The molecule has 1 aliphatic carbocycles. The number of nitrogens with zero attached hydrogens (tertiary/aromatic N) is 2. The molecule has 0 bridgehead atoms. The summed E-state index contributed by atoms with van der Waals surface area (Å²) in [6.07, 6.45) is 1.07. The smallest absolute Gasteiger partial charge is 0.259 e. The van der Waals surface area contributed by atoms with E-state index in [0.29, 0.717) is 0 Å².